The molecule has 2 amide bonds. The van der Waals surface area contributed by atoms with E-state index in [-0.39, 0.29) is 42.3 Å². The van der Waals surface area contributed by atoms with Gasteiger partial charge < -0.3 is 25.5 Å². The van der Waals surface area contributed by atoms with Crippen LogP contribution in [0.5, 0.6) is 0 Å². The maximum absolute atomic E-state index is 13.0. The Balaban J connectivity index is 0.000000241. The fraction of sp³-hybridized carbons (Fsp3) is 0.413. The molecule has 8 nitrogen and oxygen atoms in total. The average Bonchev–Trinajstić information content (AvgIpc) is 3.19. The number of fused-ring (bicyclic) bond motifs is 2. The van der Waals surface area contributed by atoms with E-state index in [2.05, 4.69) is 92.1 Å². The highest BCUT2D eigenvalue weighted by atomic mass is 35.5. The molecule has 0 spiro atoms. The summed E-state index contributed by atoms with van der Waals surface area (Å²) in [4.78, 5) is 41.3. The van der Waals surface area contributed by atoms with Gasteiger partial charge in [0.25, 0.3) is 0 Å². The molecule has 9 heteroatoms. The number of nitrogens with zero attached hydrogens (tertiary/aromatic N) is 2. The first kappa shape index (κ1) is 43.2. The van der Waals surface area contributed by atoms with Gasteiger partial charge in [-0.05, 0) is 100 Å². The number of carbonyl (C=O) groups is 3. The number of carboxylic acids is 1. The second-order valence-electron chi connectivity index (χ2n) is 15.2. The van der Waals surface area contributed by atoms with Gasteiger partial charge in [-0.2, -0.15) is 0 Å². The van der Waals surface area contributed by atoms with Crippen LogP contribution in [0.2, 0.25) is 0 Å². The summed E-state index contributed by atoms with van der Waals surface area (Å²) in [6.07, 6.45) is 5.20. The summed E-state index contributed by atoms with van der Waals surface area (Å²) in [6.45, 7) is 11.3. The first-order valence-corrected chi connectivity index (χ1v) is 19.6. The molecule has 4 aromatic carbocycles. The Kier molecular flexibility index (Phi) is 16.5. The van der Waals surface area contributed by atoms with Crippen LogP contribution in [0.1, 0.15) is 80.8 Å². The zero-order valence-corrected chi connectivity index (χ0v) is 33.8. The van der Waals surface area contributed by atoms with Crippen molar-refractivity contribution >= 4 is 30.2 Å². The summed E-state index contributed by atoms with van der Waals surface area (Å²) in [5.74, 6) is -0.904. The number of aliphatic carboxylic acids is 1. The molecule has 2 heterocycles. The van der Waals surface area contributed by atoms with Crippen molar-refractivity contribution in [1.82, 2.24) is 20.4 Å². The fourth-order valence-corrected chi connectivity index (χ4v) is 7.67. The SMILES string of the molecule is C[C@H](CCc1ccccc1)N[C@@H](C)C(=O)N1Cc2ccccc2C[C@H]1C.C[C@H](CCc1ccccc1)N[C@@H](C)C(=O)N1Cc2ccccc2C[C@H]1C(=O)O.Cl. The summed E-state index contributed by atoms with van der Waals surface area (Å²) >= 11 is 0. The second kappa shape index (κ2) is 21.0. The zero-order valence-electron chi connectivity index (χ0n) is 33.0. The Morgan fingerprint density at radius 1 is 0.600 bits per heavy atom. The smallest absolute Gasteiger partial charge is 0.326 e. The number of rotatable bonds is 13. The number of hydrogen-bond donors (Lipinski definition) is 3. The Morgan fingerprint density at radius 3 is 1.44 bits per heavy atom. The van der Waals surface area contributed by atoms with Gasteiger partial charge >= 0.3 is 5.97 Å². The van der Waals surface area contributed by atoms with E-state index in [1.165, 1.54) is 27.2 Å². The summed E-state index contributed by atoms with van der Waals surface area (Å²) in [5, 5.41) is 16.5. The average molecular weight is 767 g/mol. The number of amides is 2. The molecular formula is C46H59ClN4O4. The predicted octanol–water partition coefficient (Wildman–Crippen LogP) is 7.40. The lowest BCUT2D eigenvalue weighted by Crippen LogP contribution is -2.55. The number of aryl methyl sites for hydroxylation is 2. The number of benzene rings is 4. The van der Waals surface area contributed by atoms with E-state index in [9.17, 15) is 19.5 Å². The van der Waals surface area contributed by atoms with Gasteiger partial charge in [-0.25, -0.2) is 4.79 Å². The lowest BCUT2D eigenvalue weighted by Gasteiger charge is -2.37. The van der Waals surface area contributed by atoms with E-state index in [0.717, 1.165) is 49.8 Å². The van der Waals surface area contributed by atoms with Gasteiger partial charge in [-0.3, -0.25) is 9.59 Å². The predicted molar refractivity (Wildman–Crippen MR) is 223 cm³/mol. The Bertz CT molecular complexity index is 1820. The van der Waals surface area contributed by atoms with E-state index in [0.29, 0.717) is 19.0 Å². The first-order chi connectivity index (χ1) is 26.0. The molecule has 0 bridgehead atoms. The van der Waals surface area contributed by atoms with Crippen molar-refractivity contribution in [2.75, 3.05) is 0 Å². The van der Waals surface area contributed by atoms with Crippen LogP contribution in [0.4, 0.5) is 0 Å². The molecule has 6 atom stereocenters. The van der Waals surface area contributed by atoms with Crippen molar-refractivity contribution < 1.29 is 19.5 Å². The Labute approximate surface area is 334 Å². The molecule has 2 aliphatic rings. The number of nitrogens with one attached hydrogen (secondary N) is 2. The lowest BCUT2D eigenvalue weighted by atomic mass is 9.93. The second-order valence-corrected chi connectivity index (χ2v) is 15.2. The summed E-state index contributed by atoms with van der Waals surface area (Å²) in [6, 6.07) is 36.3. The molecule has 2 aliphatic heterocycles. The van der Waals surface area contributed by atoms with E-state index in [1.807, 2.05) is 67.3 Å². The summed E-state index contributed by atoms with van der Waals surface area (Å²) in [5.41, 5.74) is 7.31. The van der Waals surface area contributed by atoms with Gasteiger partial charge in [0.1, 0.15) is 6.04 Å². The first-order valence-electron chi connectivity index (χ1n) is 19.6. The molecule has 0 saturated heterocycles. The van der Waals surface area contributed by atoms with Crippen molar-refractivity contribution in [2.45, 2.75) is 122 Å². The third-order valence-electron chi connectivity index (χ3n) is 10.8. The standard InChI is InChI=1S/C23H28N2O3.C23H30N2O.ClH/c1-16(12-13-18-8-4-3-5-9-18)24-17(2)22(26)25-15-20-11-7-6-10-19(20)14-21(25)23(27)28;1-17(13-14-20-9-5-4-6-10-20)24-19(3)23(26)25-16-22-12-8-7-11-21(22)15-18(25)2;/h3-11,16-17,21,24H,12-15H2,1-2H3,(H,27,28);4-12,17-19,24H,13-16H2,1-3H3;1H/t16-,17+,21+;17-,18-,19+;/m11./s1. The van der Waals surface area contributed by atoms with Gasteiger partial charge in [-0.15, -0.1) is 12.4 Å². The van der Waals surface area contributed by atoms with Gasteiger partial charge in [0.15, 0.2) is 0 Å². The van der Waals surface area contributed by atoms with Crippen LogP contribution in [0.25, 0.3) is 0 Å². The highest BCUT2D eigenvalue weighted by Crippen LogP contribution is 2.25. The molecule has 3 N–H and O–H groups in total. The quantitative estimate of drug-likeness (QED) is 0.131. The van der Waals surface area contributed by atoms with Gasteiger partial charge in [0.2, 0.25) is 11.8 Å². The number of carbonyl (C=O) groups excluding carboxylic acids is 2. The highest BCUT2D eigenvalue weighted by molar-refractivity contribution is 5.87. The molecule has 0 aromatic heterocycles. The molecule has 0 radical (unpaired) electrons. The van der Waals surface area contributed by atoms with Gasteiger partial charge in [-0.1, -0.05) is 109 Å². The van der Waals surface area contributed by atoms with Crippen molar-refractivity contribution in [2.24, 2.45) is 0 Å². The van der Waals surface area contributed by atoms with Gasteiger partial charge in [0.05, 0.1) is 12.1 Å². The molecule has 294 valence electrons. The van der Waals surface area contributed by atoms with Crippen molar-refractivity contribution in [1.29, 1.82) is 0 Å². The van der Waals surface area contributed by atoms with Crippen LogP contribution in [0, 0.1) is 0 Å². The number of hydrogen-bond acceptors (Lipinski definition) is 5. The topological polar surface area (TPSA) is 102 Å². The number of carboxylic acid groups (broad SMARTS) is 1. The molecule has 0 aliphatic carbocycles. The third kappa shape index (κ3) is 12.2. The van der Waals surface area contributed by atoms with E-state index in [4.69, 9.17) is 0 Å². The molecular weight excluding hydrogens is 708 g/mol. The molecule has 6 rings (SSSR count). The zero-order chi connectivity index (χ0) is 38.6. The summed E-state index contributed by atoms with van der Waals surface area (Å²) < 4.78 is 0. The minimum atomic E-state index is -0.952. The lowest BCUT2D eigenvalue weighted by molar-refractivity contribution is -0.152. The van der Waals surface area contributed by atoms with Gasteiger partial charge in [0, 0.05) is 37.6 Å². The number of halogens is 1. The molecule has 4 aromatic rings. The van der Waals surface area contributed by atoms with Crippen LogP contribution < -0.4 is 10.6 Å². The monoisotopic (exact) mass is 766 g/mol. The minimum absolute atomic E-state index is 0. The molecule has 0 saturated carbocycles. The highest BCUT2D eigenvalue weighted by Gasteiger charge is 2.36. The van der Waals surface area contributed by atoms with E-state index in [1.54, 1.807) is 0 Å². The maximum Gasteiger partial charge on any atom is 0.326 e. The van der Waals surface area contributed by atoms with Crippen molar-refractivity contribution in [3.8, 4) is 0 Å². The van der Waals surface area contributed by atoms with Crippen LogP contribution in [-0.4, -0.2) is 68.9 Å². The minimum Gasteiger partial charge on any atom is -0.480 e. The van der Waals surface area contributed by atoms with Crippen LogP contribution in [0.15, 0.2) is 109 Å². The molecule has 0 unspecified atom stereocenters. The van der Waals surface area contributed by atoms with E-state index < -0.39 is 18.1 Å². The Hall–Kier alpha value is -4.50. The summed E-state index contributed by atoms with van der Waals surface area (Å²) in [7, 11) is 0. The van der Waals surface area contributed by atoms with Crippen molar-refractivity contribution in [3.63, 3.8) is 0 Å². The van der Waals surface area contributed by atoms with Crippen LogP contribution >= 0.6 is 12.4 Å². The normalized spacial score (nSPS) is 18.2. The fourth-order valence-electron chi connectivity index (χ4n) is 7.67. The molecule has 55 heavy (non-hydrogen) atoms. The largest absolute Gasteiger partial charge is 0.480 e. The Morgan fingerprint density at radius 2 is 0.982 bits per heavy atom. The molecule has 0 fully saturated rings. The maximum atomic E-state index is 13.0. The van der Waals surface area contributed by atoms with Crippen LogP contribution in [-0.2, 0) is 53.2 Å². The van der Waals surface area contributed by atoms with Crippen molar-refractivity contribution in [3.05, 3.63) is 143 Å². The third-order valence-corrected chi connectivity index (χ3v) is 10.8. The van der Waals surface area contributed by atoms with Crippen LogP contribution in [0.3, 0.4) is 0 Å². The van der Waals surface area contributed by atoms with E-state index >= 15 is 0 Å².